The van der Waals surface area contributed by atoms with Crippen LogP contribution in [0.25, 0.3) is 0 Å². The third-order valence-corrected chi connectivity index (χ3v) is 4.74. The summed E-state index contributed by atoms with van der Waals surface area (Å²) < 4.78 is 0. The molecule has 0 saturated carbocycles. The number of nitrogens with one attached hydrogen (secondary N) is 2. The fourth-order valence-electron chi connectivity index (χ4n) is 2.62. The van der Waals surface area contributed by atoms with Crippen molar-refractivity contribution in [2.45, 2.75) is 19.8 Å². The van der Waals surface area contributed by atoms with Gasteiger partial charge in [0.05, 0.1) is 4.88 Å². The fourth-order valence-corrected chi connectivity index (χ4v) is 3.24. The van der Waals surface area contributed by atoms with Crippen LogP contribution in [-0.2, 0) is 11.2 Å². The lowest BCUT2D eigenvalue weighted by Gasteiger charge is -2.09. The molecule has 0 aliphatic heterocycles. The van der Waals surface area contributed by atoms with E-state index in [9.17, 15) is 9.59 Å². The SMILES string of the molecule is Cc1cccc(CCC(=O)Nc2cccc(NC(=O)c3cccs3)c2)c1. The third kappa shape index (κ3) is 5.04. The van der Waals surface area contributed by atoms with Gasteiger partial charge in [0.2, 0.25) is 5.91 Å². The highest BCUT2D eigenvalue weighted by Crippen LogP contribution is 2.18. The molecule has 0 saturated heterocycles. The van der Waals surface area contributed by atoms with Gasteiger partial charge in [-0.25, -0.2) is 0 Å². The molecule has 0 radical (unpaired) electrons. The van der Waals surface area contributed by atoms with Crippen molar-refractivity contribution in [2.24, 2.45) is 0 Å². The van der Waals surface area contributed by atoms with E-state index in [0.29, 0.717) is 29.1 Å². The molecule has 1 aromatic heterocycles. The quantitative estimate of drug-likeness (QED) is 0.655. The van der Waals surface area contributed by atoms with Gasteiger partial charge in [0.15, 0.2) is 0 Å². The third-order valence-electron chi connectivity index (χ3n) is 3.87. The zero-order valence-corrected chi connectivity index (χ0v) is 15.3. The fraction of sp³-hybridized carbons (Fsp3) is 0.143. The molecule has 0 aliphatic carbocycles. The van der Waals surface area contributed by atoms with Crippen molar-refractivity contribution in [3.8, 4) is 0 Å². The smallest absolute Gasteiger partial charge is 0.265 e. The van der Waals surface area contributed by atoms with E-state index in [1.54, 1.807) is 24.3 Å². The lowest BCUT2D eigenvalue weighted by Crippen LogP contribution is -2.13. The van der Waals surface area contributed by atoms with Crippen LogP contribution in [0.1, 0.15) is 27.2 Å². The summed E-state index contributed by atoms with van der Waals surface area (Å²) in [5.74, 6) is -0.198. The molecule has 0 fully saturated rings. The van der Waals surface area contributed by atoms with Crippen LogP contribution < -0.4 is 10.6 Å². The Morgan fingerprint density at radius 2 is 1.69 bits per heavy atom. The molecule has 1 heterocycles. The summed E-state index contributed by atoms with van der Waals surface area (Å²) in [5.41, 5.74) is 3.66. The molecule has 4 nitrogen and oxygen atoms in total. The van der Waals surface area contributed by atoms with Crippen LogP contribution in [0.5, 0.6) is 0 Å². The van der Waals surface area contributed by atoms with Crippen molar-refractivity contribution in [3.05, 3.63) is 82.0 Å². The Morgan fingerprint density at radius 3 is 2.42 bits per heavy atom. The molecule has 0 unspecified atom stereocenters. The number of amides is 2. The van der Waals surface area contributed by atoms with E-state index in [1.807, 2.05) is 42.6 Å². The monoisotopic (exact) mass is 364 g/mol. The largest absolute Gasteiger partial charge is 0.326 e. The van der Waals surface area contributed by atoms with Crippen LogP contribution in [0.3, 0.4) is 0 Å². The summed E-state index contributed by atoms with van der Waals surface area (Å²) in [7, 11) is 0. The molecular formula is C21H20N2O2S. The first-order valence-corrected chi connectivity index (χ1v) is 9.28. The number of anilines is 2. The molecule has 2 N–H and O–H groups in total. The highest BCUT2D eigenvalue weighted by molar-refractivity contribution is 7.12. The molecule has 26 heavy (non-hydrogen) atoms. The normalized spacial score (nSPS) is 10.3. The van der Waals surface area contributed by atoms with E-state index >= 15 is 0 Å². The van der Waals surface area contributed by atoms with Gasteiger partial charge in [-0.2, -0.15) is 0 Å². The Labute approximate surface area is 156 Å². The maximum absolute atomic E-state index is 12.2. The molecule has 0 bridgehead atoms. The van der Waals surface area contributed by atoms with Gasteiger partial charge in [0, 0.05) is 17.8 Å². The van der Waals surface area contributed by atoms with Gasteiger partial charge in [-0.1, -0.05) is 42.0 Å². The molecule has 3 aromatic rings. The van der Waals surface area contributed by atoms with E-state index in [-0.39, 0.29) is 11.8 Å². The van der Waals surface area contributed by atoms with Crippen LogP contribution in [-0.4, -0.2) is 11.8 Å². The standard InChI is InChI=1S/C21H20N2O2S/c1-15-5-2-6-16(13-15)10-11-20(24)22-17-7-3-8-18(14-17)23-21(25)19-9-4-12-26-19/h2-9,12-14H,10-11H2,1H3,(H,22,24)(H,23,25). The molecule has 2 aromatic carbocycles. The molecule has 5 heteroatoms. The lowest BCUT2D eigenvalue weighted by molar-refractivity contribution is -0.116. The minimum atomic E-state index is -0.150. The van der Waals surface area contributed by atoms with Crippen molar-refractivity contribution < 1.29 is 9.59 Å². The topological polar surface area (TPSA) is 58.2 Å². The minimum absolute atomic E-state index is 0.0479. The molecule has 3 rings (SSSR count). The molecule has 0 spiro atoms. The predicted octanol–water partition coefficient (Wildman–Crippen LogP) is 4.88. The highest BCUT2D eigenvalue weighted by atomic mass is 32.1. The number of benzene rings is 2. The van der Waals surface area contributed by atoms with Crippen molar-refractivity contribution in [3.63, 3.8) is 0 Å². The molecule has 2 amide bonds. The number of aryl methyl sites for hydroxylation is 2. The molecule has 132 valence electrons. The Kier molecular flexibility index (Phi) is 5.81. The first kappa shape index (κ1) is 17.9. The van der Waals surface area contributed by atoms with Crippen molar-refractivity contribution >= 4 is 34.5 Å². The van der Waals surface area contributed by atoms with Gasteiger partial charge in [-0.15, -0.1) is 11.3 Å². The van der Waals surface area contributed by atoms with Crippen molar-refractivity contribution in [2.75, 3.05) is 10.6 Å². The summed E-state index contributed by atoms with van der Waals surface area (Å²) in [6.07, 6.45) is 1.11. The first-order valence-electron chi connectivity index (χ1n) is 8.40. The van der Waals surface area contributed by atoms with E-state index < -0.39 is 0 Å². The van der Waals surface area contributed by atoms with E-state index in [0.717, 1.165) is 5.56 Å². The van der Waals surface area contributed by atoms with Gasteiger partial charge in [-0.3, -0.25) is 9.59 Å². The predicted molar refractivity (Wildman–Crippen MR) is 107 cm³/mol. The van der Waals surface area contributed by atoms with Crippen LogP contribution in [0.2, 0.25) is 0 Å². The zero-order valence-electron chi connectivity index (χ0n) is 14.5. The van der Waals surface area contributed by atoms with Gasteiger partial charge < -0.3 is 10.6 Å². The average Bonchev–Trinajstić information content (AvgIpc) is 3.15. The summed E-state index contributed by atoms with van der Waals surface area (Å²) in [6, 6.07) is 19.0. The van der Waals surface area contributed by atoms with Crippen molar-refractivity contribution in [1.82, 2.24) is 0 Å². The summed E-state index contributed by atoms with van der Waals surface area (Å²) in [4.78, 5) is 25.0. The number of thiophene rings is 1. The van der Waals surface area contributed by atoms with Crippen molar-refractivity contribution in [1.29, 1.82) is 0 Å². The van der Waals surface area contributed by atoms with E-state index in [2.05, 4.69) is 16.7 Å². The number of hydrogen-bond donors (Lipinski definition) is 2. The first-order chi connectivity index (χ1) is 12.6. The maximum atomic E-state index is 12.2. The van der Waals surface area contributed by atoms with Gasteiger partial charge in [0.1, 0.15) is 0 Å². The van der Waals surface area contributed by atoms with Gasteiger partial charge >= 0.3 is 0 Å². The number of rotatable bonds is 6. The Hall–Kier alpha value is -2.92. The molecule has 0 atom stereocenters. The zero-order chi connectivity index (χ0) is 18.4. The minimum Gasteiger partial charge on any atom is -0.326 e. The number of carbonyl (C=O) groups excluding carboxylic acids is 2. The van der Waals surface area contributed by atoms with Crippen LogP contribution in [0.15, 0.2) is 66.0 Å². The molecule has 0 aliphatic rings. The second-order valence-corrected chi connectivity index (χ2v) is 7.00. The van der Waals surface area contributed by atoms with E-state index in [1.165, 1.54) is 16.9 Å². The Bertz CT molecular complexity index is 904. The van der Waals surface area contributed by atoms with Crippen LogP contribution in [0.4, 0.5) is 11.4 Å². The van der Waals surface area contributed by atoms with Gasteiger partial charge in [0.25, 0.3) is 5.91 Å². The highest BCUT2D eigenvalue weighted by Gasteiger charge is 2.08. The maximum Gasteiger partial charge on any atom is 0.265 e. The average molecular weight is 364 g/mol. The summed E-state index contributed by atoms with van der Waals surface area (Å²) in [6.45, 7) is 2.04. The summed E-state index contributed by atoms with van der Waals surface area (Å²) >= 11 is 1.39. The number of hydrogen-bond acceptors (Lipinski definition) is 3. The lowest BCUT2D eigenvalue weighted by atomic mass is 10.1. The molecular weight excluding hydrogens is 344 g/mol. The summed E-state index contributed by atoms with van der Waals surface area (Å²) in [5, 5.41) is 7.59. The van der Waals surface area contributed by atoms with Crippen LogP contribution >= 0.6 is 11.3 Å². The van der Waals surface area contributed by atoms with Crippen LogP contribution in [0, 0.1) is 6.92 Å². The second kappa shape index (κ2) is 8.45. The second-order valence-electron chi connectivity index (χ2n) is 6.05. The van der Waals surface area contributed by atoms with E-state index in [4.69, 9.17) is 0 Å². The Balaban J connectivity index is 1.56. The Morgan fingerprint density at radius 1 is 0.923 bits per heavy atom. The van der Waals surface area contributed by atoms with Gasteiger partial charge in [-0.05, 0) is 48.6 Å². The number of carbonyl (C=O) groups is 2.